The molecule has 5 heteroatoms. The van der Waals surface area contributed by atoms with E-state index in [0.717, 1.165) is 0 Å². The maximum Gasteiger partial charge on any atom is 0.303 e. The molecule has 0 aromatic rings. The molecule has 1 heterocycles. The van der Waals surface area contributed by atoms with Gasteiger partial charge in [-0.1, -0.05) is 0 Å². The Morgan fingerprint density at radius 1 is 1.50 bits per heavy atom. The van der Waals surface area contributed by atoms with Crippen LogP contribution in [0.25, 0.3) is 0 Å². The van der Waals surface area contributed by atoms with Gasteiger partial charge in [-0.15, -0.1) is 0 Å². The lowest BCUT2D eigenvalue weighted by molar-refractivity contribution is -0.147. The smallest absolute Gasteiger partial charge is 0.303 e. The number of likely N-dealkylation sites (tertiary alicyclic amines) is 1. The van der Waals surface area contributed by atoms with Crippen LogP contribution in [0.3, 0.4) is 0 Å². The molecule has 1 fully saturated rings. The van der Waals surface area contributed by atoms with Gasteiger partial charge >= 0.3 is 5.97 Å². The summed E-state index contributed by atoms with van der Waals surface area (Å²) in [4.78, 5) is 23.5. The van der Waals surface area contributed by atoms with Crippen LogP contribution >= 0.6 is 0 Å². The van der Waals surface area contributed by atoms with Gasteiger partial charge in [0.15, 0.2) is 0 Å². The Bertz CT molecular complexity index is 251. The molecule has 1 aliphatic rings. The Hall–Kier alpha value is -1.10. The Labute approximate surface area is 82.9 Å². The average molecular weight is 200 g/mol. The first kappa shape index (κ1) is 11.0. The SMILES string of the molecule is CC(C)(N)C(=O)N1CC(CC(=O)O)C1. The monoisotopic (exact) mass is 200 g/mol. The largest absolute Gasteiger partial charge is 0.481 e. The van der Waals surface area contributed by atoms with Crippen LogP contribution in [0, 0.1) is 5.92 Å². The molecule has 0 bridgehead atoms. The summed E-state index contributed by atoms with van der Waals surface area (Å²) in [7, 11) is 0. The topological polar surface area (TPSA) is 83.6 Å². The quantitative estimate of drug-likeness (QED) is 0.652. The van der Waals surface area contributed by atoms with Crippen LogP contribution in [0.2, 0.25) is 0 Å². The first-order valence-electron chi connectivity index (χ1n) is 4.60. The van der Waals surface area contributed by atoms with E-state index in [1.807, 2.05) is 0 Å². The molecule has 0 aromatic heterocycles. The third kappa shape index (κ3) is 2.45. The molecule has 5 nitrogen and oxygen atoms in total. The number of carbonyl (C=O) groups excluding carboxylic acids is 1. The highest BCUT2D eigenvalue weighted by atomic mass is 16.4. The van der Waals surface area contributed by atoms with Crippen LogP contribution in [0.15, 0.2) is 0 Å². The van der Waals surface area contributed by atoms with E-state index in [1.165, 1.54) is 0 Å². The zero-order chi connectivity index (χ0) is 10.9. The van der Waals surface area contributed by atoms with Gasteiger partial charge in [-0.25, -0.2) is 0 Å². The lowest BCUT2D eigenvalue weighted by atomic mass is 9.93. The van der Waals surface area contributed by atoms with Gasteiger partial charge in [-0.3, -0.25) is 9.59 Å². The maximum atomic E-state index is 11.5. The summed E-state index contributed by atoms with van der Waals surface area (Å²) in [5.41, 5.74) is 4.78. The van der Waals surface area contributed by atoms with Gasteiger partial charge in [-0.05, 0) is 13.8 Å². The van der Waals surface area contributed by atoms with Crippen molar-refractivity contribution in [2.24, 2.45) is 11.7 Å². The van der Waals surface area contributed by atoms with Crippen molar-refractivity contribution >= 4 is 11.9 Å². The van der Waals surface area contributed by atoms with Gasteiger partial charge in [-0.2, -0.15) is 0 Å². The second-order valence-corrected chi connectivity index (χ2v) is 4.40. The second kappa shape index (κ2) is 3.57. The molecule has 1 amide bonds. The van der Waals surface area contributed by atoms with Crippen molar-refractivity contribution in [3.63, 3.8) is 0 Å². The Morgan fingerprint density at radius 2 is 2.00 bits per heavy atom. The van der Waals surface area contributed by atoms with Gasteiger partial charge in [0, 0.05) is 19.0 Å². The summed E-state index contributed by atoms with van der Waals surface area (Å²) in [6.45, 7) is 4.34. The van der Waals surface area contributed by atoms with Gasteiger partial charge in [0.1, 0.15) is 0 Å². The van der Waals surface area contributed by atoms with Crippen molar-refractivity contribution in [3.05, 3.63) is 0 Å². The minimum atomic E-state index is -0.853. The first-order chi connectivity index (χ1) is 6.30. The van der Waals surface area contributed by atoms with E-state index in [9.17, 15) is 9.59 Å². The van der Waals surface area contributed by atoms with Crippen LogP contribution in [0.1, 0.15) is 20.3 Å². The first-order valence-corrected chi connectivity index (χ1v) is 4.60. The number of hydrogen-bond acceptors (Lipinski definition) is 3. The number of aliphatic carboxylic acids is 1. The second-order valence-electron chi connectivity index (χ2n) is 4.40. The van der Waals surface area contributed by atoms with Crippen LogP contribution in [-0.2, 0) is 9.59 Å². The Kier molecular flexibility index (Phi) is 2.80. The van der Waals surface area contributed by atoms with Crippen molar-refractivity contribution in [2.75, 3.05) is 13.1 Å². The number of carboxylic acids is 1. The van der Waals surface area contributed by atoms with Crippen molar-refractivity contribution in [1.82, 2.24) is 4.90 Å². The molecule has 80 valence electrons. The van der Waals surface area contributed by atoms with Crippen molar-refractivity contribution in [3.8, 4) is 0 Å². The maximum absolute atomic E-state index is 11.5. The number of hydrogen-bond donors (Lipinski definition) is 2. The molecule has 0 aromatic carbocycles. The van der Waals surface area contributed by atoms with Gasteiger partial charge in [0.2, 0.25) is 5.91 Å². The predicted molar refractivity (Wildman–Crippen MR) is 50.6 cm³/mol. The normalized spacial score (nSPS) is 17.8. The van der Waals surface area contributed by atoms with Gasteiger partial charge in [0.25, 0.3) is 0 Å². The molecule has 0 aliphatic carbocycles. The Balaban J connectivity index is 2.35. The highest BCUT2D eigenvalue weighted by Crippen LogP contribution is 2.21. The molecule has 0 saturated carbocycles. The Morgan fingerprint density at radius 3 is 2.36 bits per heavy atom. The molecule has 14 heavy (non-hydrogen) atoms. The summed E-state index contributed by atoms with van der Waals surface area (Å²) in [6, 6.07) is 0. The minimum absolute atomic E-state index is 0.0961. The number of nitrogens with zero attached hydrogens (tertiary/aromatic N) is 1. The summed E-state index contributed by atoms with van der Waals surface area (Å²) in [5.74, 6) is -0.827. The molecule has 0 unspecified atom stereocenters. The fourth-order valence-electron chi connectivity index (χ4n) is 1.52. The van der Waals surface area contributed by atoms with Gasteiger partial charge in [0.05, 0.1) is 12.0 Å². The van der Waals surface area contributed by atoms with Crippen molar-refractivity contribution in [2.45, 2.75) is 25.8 Å². The molecule has 3 N–H and O–H groups in total. The fourth-order valence-corrected chi connectivity index (χ4v) is 1.52. The average Bonchev–Trinajstić information content (AvgIpc) is 1.92. The van der Waals surface area contributed by atoms with Crippen LogP contribution in [0.5, 0.6) is 0 Å². The van der Waals surface area contributed by atoms with E-state index in [1.54, 1.807) is 18.7 Å². The summed E-state index contributed by atoms with van der Waals surface area (Å²) in [6.07, 6.45) is 0.134. The zero-order valence-electron chi connectivity index (χ0n) is 8.49. The lowest BCUT2D eigenvalue weighted by Crippen LogP contribution is -2.59. The van der Waals surface area contributed by atoms with Gasteiger partial charge < -0.3 is 15.7 Å². The third-order valence-corrected chi connectivity index (χ3v) is 2.26. The molecule has 1 rings (SSSR count). The van der Waals surface area contributed by atoms with E-state index >= 15 is 0 Å². The number of carboxylic acid groups (broad SMARTS) is 1. The number of amides is 1. The van der Waals surface area contributed by atoms with Crippen molar-refractivity contribution < 1.29 is 14.7 Å². The van der Waals surface area contributed by atoms with E-state index in [-0.39, 0.29) is 18.2 Å². The molecule has 0 atom stereocenters. The third-order valence-electron chi connectivity index (χ3n) is 2.26. The molecule has 1 aliphatic heterocycles. The fraction of sp³-hybridized carbons (Fsp3) is 0.778. The highest BCUT2D eigenvalue weighted by Gasteiger charge is 2.37. The highest BCUT2D eigenvalue weighted by molar-refractivity contribution is 5.86. The van der Waals surface area contributed by atoms with E-state index in [4.69, 9.17) is 10.8 Å². The molecule has 0 spiro atoms. The van der Waals surface area contributed by atoms with Crippen LogP contribution in [-0.4, -0.2) is 40.5 Å². The summed E-state index contributed by atoms with van der Waals surface area (Å²) in [5, 5.41) is 8.51. The summed E-state index contributed by atoms with van der Waals surface area (Å²) < 4.78 is 0. The zero-order valence-corrected chi connectivity index (χ0v) is 8.49. The van der Waals surface area contributed by atoms with Crippen LogP contribution in [0.4, 0.5) is 0 Å². The summed E-state index contributed by atoms with van der Waals surface area (Å²) >= 11 is 0. The number of carbonyl (C=O) groups is 2. The standard InChI is InChI=1S/C9H16N2O3/c1-9(2,10)8(14)11-4-6(5-11)3-7(12)13/h6H,3-5,10H2,1-2H3,(H,12,13). The minimum Gasteiger partial charge on any atom is -0.481 e. The number of nitrogens with two attached hydrogens (primary N) is 1. The van der Waals surface area contributed by atoms with E-state index in [0.29, 0.717) is 13.1 Å². The lowest BCUT2D eigenvalue weighted by Gasteiger charge is -2.41. The molecular formula is C9H16N2O3. The van der Waals surface area contributed by atoms with Crippen LogP contribution < -0.4 is 5.73 Å². The van der Waals surface area contributed by atoms with Crippen molar-refractivity contribution in [1.29, 1.82) is 0 Å². The number of rotatable bonds is 3. The molecular weight excluding hydrogens is 184 g/mol. The molecule has 0 radical (unpaired) electrons. The predicted octanol–water partition coefficient (Wildman–Crippen LogP) is -0.343. The van der Waals surface area contributed by atoms with E-state index in [2.05, 4.69) is 0 Å². The molecule has 1 saturated heterocycles. The van der Waals surface area contributed by atoms with E-state index < -0.39 is 11.5 Å².